The van der Waals surface area contributed by atoms with E-state index in [0.29, 0.717) is 6.04 Å². The number of benzene rings is 1. The summed E-state index contributed by atoms with van der Waals surface area (Å²) in [6.45, 7) is 4.04. The molecule has 0 spiro atoms. The van der Waals surface area contributed by atoms with E-state index < -0.39 is 0 Å². The summed E-state index contributed by atoms with van der Waals surface area (Å²) in [5, 5.41) is 0.854. The van der Waals surface area contributed by atoms with Crippen molar-refractivity contribution in [2.75, 3.05) is 26.7 Å². The van der Waals surface area contributed by atoms with Gasteiger partial charge < -0.3 is 5.73 Å². The highest BCUT2D eigenvalue weighted by molar-refractivity contribution is 6.31. The number of nitrogens with two attached hydrogens (primary N) is 1. The Morgan fingerprint density at radius 1 is 1.40 bits per heavy atom. The second-order valence-corrected chi connectivity index (χ2v) is 6.61. The van der Waals surface area contributed by atoms with Gasteiger partial charge >= 0.3 is 0 Å². The molecule has 2 atom stereocenters. The van der Waals surface area contributed by atoms with E-state index in [1.165, 1.54) is 37.9 Å². The lowest BCUT2D eigenvalue weighted by Gasteiger charge is -2.42. The van der Waals surface area contributed by atoms with Crippen LogP contribution in [0.5, 0.6) is 0 Å². The van der Waals surface area contributed by atoms with Crippen LogP contribution in [-0.4, -0.2) is 48.1 Å². The third kappa shape index (κ3) is 2.27. The van der Waals surface area contributed by atoms with Crippen molar-refractivity contribution in [2.24, 2.45) is 5.73 Å². The third-order valence-electron chi connectivity index (χ3n) is 5.29. The maximum atomic E-state index is 6.31. The molecule has 2 aliphatic heterocycles. The van der Waals surface area contributed by atoms with Gasteiger partial charge in [-0.05, 0) is 44.5 Å². The molecule has 1 aromatic carbocycles. The fraction of sp³-hybridized carbons (Fsp3) is 0.625. The van der Waals surface area contributed by atoms with Crippen molar-refractivity contribution in [3.8, 4) is 0 Å². The highest BCUT2D eigenvalue weighted by Gasteiger charge is 2.50. The lowest BCUT2D eigenvalue weighted by atomic mass is 9.86. The van der Waals surface area contributed by atoms with Crippen LogP contribution in [-0.2, 0) is 6.54 Å². The largest absolute Gasteiger partial charge is 0.329 e. The number of nitrogens with zero attached hydrogens (tertiary/aromatic N) is 2. The van der Waals surface area contributed by atoms with Gasteiger partial charge in [-0.1, -0.05) is 29.8 Å². The van der Waals surface area contributed by atoms with Gasteiger partial charge in [-0.2, -0.15) is 0 Å². The van der Waals surface area contributed by atoms with Crippen molar-refractivity contribution in [3.05, 3.63) is 34.9 Å². The maximum Gasteiger partial charge on any atom is 0.0499 e. The van der Waals surface area contributed by atoms with E-state index in [1.54, 1.807) is 0 Å². The zero-order valence-electron chi connectivity index (χ0n) is 12.2. The minimum absolute atomic E-state index is 0.121. The van der Waals surface area contributed by atoms with Gasteiger partial charge in [-0.25, -0.2) is 0 Å². The number of fused-ring (bicyclic) bond motifs is 1. The number of halogens is 1. The van der Waals surface area contributed by atoms with Crippen molar-refractivity contribution in [1.29, 1.82) is 0 Å². The van der Waals surface area contributed by atoms with Crippen LogP contribution in [0.4, 0.5) is 0 Å². The van der Waals surface area contributed by atoms with Gasteiger partial charge in [0.15, 0.2) is 0 Å². The van der Waals surface area contributed by atoms with E-state index in [-0.39, 0.29) is 5.54 Å². The summed E-state index contributed by atoms with van der Waals surface area (Å²) in [6, 6.07) is 8.75. The Morgan fingerprint density at radius 2 is 2.20 bits per heavy atom. The molecular formula is C16H24ClN3. The number of rotatable bonds is 4. The molecule has 4 heteroatoms. The normalized spacial score (nSPS) is 30.1. The van der Waals surface area contributed by atoms with E-state index in [9.17, 15) is 0 Å². The molecule has 3 nitrogen and oxygen atoms in total. The van der Waals surface area contributed by atoms with Gasteiger partial charge in [0.2, 0.25) is 0 Å². The zero-order chi connectivity index (χ0) is 14.2. The number of hydrogen-bond acceptors (Lipinski definition) is 3. The summed E-state index contributed by atoms with van der Waals surface area (Å²) >= 11 is 6.31. The molecule has 0 aliphatic carbocycles. The van der Waals surface area contributed by atoms with E-state index in [0.717, 1.165) is 18.1 Å². The molecule has 2 fully saturated rings. The van der Waals surface area contributed by atoms with Gasteiger partial charge in [-0.15, -0.1) is 0 Å². The predicted molar refractivity (Wildman–Crippen MR) is 83.9 cm³/mol. The Kier molecular flexibility index (Phi) is 4.04. The summed E-state index contributed by atoms with van der Waals surface area (Å²) in [7, 11) is 2.21. The first-order chi connectivity index (χ1) is 9.67. The molecule has 2 unspecified atom stereocenters. The molecule has 2 N–H and O–H groups in total. The molecular weight excluding hydrogens is 270 g/mol. The third-order valence-corrected chi connectivity index (χ3v) is 5.66. The average Bonchev–Trinajstić information content (AvgIpc) is 3.03. The molecule has 1 aromatic rings. The fourth-order valence-electron chi connectivity index (χ4n) is 4.08. The van der Waals surface area contributed by atoms with Crippen molar-refractivity contribution < 1.29 is 0 Å². The number of hydrogen-bond donors (Lipinski definition) is 1. The molecule has 2 heterocycles. The van der Waals surface area contributed by atoms with Crippen LogP contribution in [0, 0.1) is 0 Å². The summed E-state index contributed by atoms with van der Waals surface area (Å²) in [4.78, 5) is 5.07. The lowest BCUT2D eigenvalue weighted by molar-refractivity contribution is 0.0841. The molecule has 0 bridgehead atoms. The maximum absolute atomic E-state index is 6.31. The van der Waals surface area contributed by atoms with E-state index in [4.69, 9.17) is 17.3 Å². The van der Waals surface area contributed by atoms with Gasteiger partial charge in [0, 0.05) is 36.2 Å². The van der Waals surface area contributed by atoms with Gasteiger partial charge in [0.25, 0.3) is 0 Å². The van der Waals surface area contributed by atoms with Crippen molar-refractivity contribution >= 4 is 11.6 Å². The monoisotopic (exact) mass is 293 g/mol. The summed E-state index contributed by atoms with van der Waals surface area (Å²) in [6.07, 6.45) is 3.77. The quantitative estimate of drug-likeness (QED) is 0.925. The molecule has 3 rings (SSSR count). The van der Waals surface area contributed by atoms with E-state index >= 15 is 0 Å². The first-order valence-electron chi connectivity index (χ1n) is 7.56. The average molecular weight is 294 g/mol. The van der Waals surface area contributed by atoms with Crippen LogP contribution in [0.25, 0.3) is 0 Å². The van der Waals surface area contributed by atoms with Crippen LogP contribution < -0.4 is 5.73 Å². The van der Waals surface area contributed by atoms with Crippen LogP contribution in [0.2, 0.25) is 5.02 Å². The molecule has 2 aliphatic rings. The Hall–Kier alpha value is -0.610. The summed E-state index contributed by atoms with van der Waals surface area (Å²) in [5.74, 6) is 0. The van der Waals surface area contributed by atoms with Gasteiger partial charge in [0.05, 0.1) is 0 Å². The second-order valence-electron chi connectivity index (χ2n) is 6.20. The van der Waals surface area contributed by atoms with Crippen molar-refractivity contribution in [2.45, 2.75) is 37.4 Å². The Morgan fingerprint density at radius 3 is 2.95 bits per heavy atom. The van der Waals surface area contributed by atoms with Gasteiger partial charge in [0.1, 0.15) is 0 Å². The first-order valence-corrected chi connectivity index (χ1v) is 7.94. The Bertz CT molecular complexity index is 479. The van der Waals surface area contributed by atoms with Crippen LogP contribution in [0.1, 0.15) is 24.8 Å². The molecule has 0 amide bonds. The van der Waals surface area contributed by atoms with Crippen LogP contribution in [0.3, 0.4) is 0 Å². The molecule has 0 radical (unpaired) electrons. The number of likely N-dealkylation sites (N-methyl/N-ethyl adjacent to an activating group) is 1. The predicted octanol–water partition coefficient (Wildman–Crippen LogP) is 2.34. The molecule has 0 saturated carbocycles. The fourth-order valence-corrected chi connectivity index (χ4v) is 4.28. The highest BCUT2D eigenvalue weighted by atomic mass is 35.5. The van der Waals surface area contributed by atoms with Crippen molar-refractivity contribution in [1.82, 2.24) is 9.80 Å². The van der Waals surface area contributed by atoms with E-state index in [2.05, 4.69) is 29.0 Å². The first kappa shape index (κ1) is 14.3. The zero-order valence-corrected chi connectivity index (χ0v) is 12.9. The van der Waals surface area contributed by atoms with Gasteiger partial charge in [-0.3, -0.25) is 9.80 Å². The highest BCUT2D eigenvalue weighted by Crippen LogP contribution is 2.39. The van der Waals surface area contributed by atoms with E-state index in [1.807, 2.05) is 12.1 Å². The molecule has 110 valence electrons. The standard InChI is InChI=1S/C16H24ClN3/c1-19(11-13-5-2-3-6-14(13)17)16(12-18)8-10-20-9-4-7-15(16)20/h2-3,5-6,15H,4,7-12,18H2,1H3. The van der Waals surface area contributed by atoms with Crippen LogP contribution >= 0.6 is 11.6 Å². The molecule has 0 aromatic heterocycles. The van der Waals surface area contributed by atoms with Crippen LogP contribution in [0.15, 0.2) is 24.3 Å². The molecule has 2 saturated heterocycles. The SMILES string of the molecule is CN(Cc1ccccc1Cl)C1(CN)CCN2CCCC21. The smallest absolute Gasteiger partial charge is 0.0499 e. The molecule has 20 heavy (non-hydrogen) atoms. The van der Waals surface area contributed by atoms with Crippen molar-refractivity contribution in [3.63, 3.8) is 0 Å². The summed E-state index contributed by atoms with van der Waals surface area (Å²) < 4.78 is 0. The second kappa shape index (κ2) is 5.64. The minimum atomic E-state index is 0.121. The topological polar surface area (TPSA) is 32.5 Å². The Balaban J connectivity index is 1.81. The minimum Gasteiger partial charge on any atom is -0.329 e. The lowest BCUT2D eigenvalue weighted by Crippen LogP contribution is -2.58. The Labute approximate surface area is 126 Å². The summed E-state index contributed by atoms with van der Waals surface area (Å²) in [5.41, 5.74) is 7.53.